The molecule has 1 amide bonds. The summed E-state index contributed by atoms with van der Waals surface area (Å²) in [6.45, 7) is 3.76. The van der Waals surface area contributed by atoms with Gasteiger partial charge in [0, 0.05) is 25.6 Å². The van der Waals surface area contributed by atoms with Crippen molar-refractivity contribution in [3.05, 3.63) is 35.4 Å². The maximum atomic E-state index is 11.5. The number of carbonyl (C=O) groups excluding carboxylic acids is 1. The van der Waals surface area contributed by atoms with Crippen LogP contribution in [0.3, 0.4) is 0 Å². The van der Waals surface area contributed by atoms with Crippen LogP contribution in [0.15, 0.2) is 24.3 Å². The Morgan fingerprint density at radius 1 is 1.28 bits per heavy atom. The van der Waals surface area contributed by atoms with E-state index in [-0.39, 0.29) is 5.91 Å². The summed E-state index contributed by atoms with van der Waals surface area (Å²) in [5.74, 6) is 0.175. The van der Waals surface area contributed by atoms with Gasteiger partial charge in [0.2, 0.25) is 5.91 Å². The van der Waals surface area contributed by atoms with Gasteiger partial charge in [-0.3, -0.25) is 4.79 Å². The molecule has 1 fully saturated rings. The van der Waals surface area contributed by atoms with Gasteiger partial charge < -0.3 is 10.6 Å². The fourth-order valence-corrected chi connectivity index (χ4v) is 2.03. The van der Waals surface area contributed by atoms with Crippen LogP contribution in [-0.2, 0) is 17.8 Å². The van der Waals surface area contributed by atoms with Crippen molar-refractivity contribution in [2.75, 3.05) is 6.54 Å². The lowest BCUT2D eigenvalue weighted by atomic mass is 10.1. The summed E-state index contributed by atoms with van der Waals surface area (Å²) in [4.78, 5) is 11.5. The molecule has 0 aromatic heterocycles. The van der Waals surface area contributed by atoms with Gasteiger partial charge in [-0.2, -0.15) is 0 Å². The van der Waals surface area contributed by atoms with Gasteiger partial charge in [0.25, 0.3) is 0 Å². The Balaban J connectivity index is 1.66. The third kappa shape index (κ3) is 4.15. The van der Waals surface area contributed by atoms with Gasteiger partial charge in [-0.05, 0) is 30.4 Å². The highest BCUT2D eigenvalue weighted by molar-refractivity contribution is 5.76. The number of hydrogen-bond donors (Lipinski definition) is 2. The van der Waals surface area contributed by atoms with Crippen LogP contribution in [0.5, 0.6) is 0 Å². The standard InChI is InChI=1S/C15H22N2O/c1-2-12-5-3-4-6-13(12)11-16-10-9-15(18)17-14-7-8-14/h3-6,14,16H,2,7-11H2,1H3,(H,17,18). The van der Waals surface area contributed by atoms with Gasteiger partial charge in [0.05, 0.1) is 0 Å². The molecule has 0 saturated heterocycles. The molecule has 0 atom stereocenters. The summed E-state index contributed by atoms with van der Waals surface area (Å²) < 4.78 is 0. The summed E-state index contributed by atoms with van der Waals surface area (Å²) in [6, 6.07) is 8.92. The van der Waals surface area contributed by atoms with Crippen LogP contribution < -0.4 is 10.6 Å². The minimum Gasteiger partial charge on any atom is -0.353 e. The van der Waals surface area contributed by atoms with E-state index in [2.05, 4.69) is 41.8 Å². The van der Waals surface area contributed by atoms with Gasteiger partial charge in [0.15, 0.2) is 0 Å². The molecule has 0 heterocycles. The molecule has 1 saturated carbocycles. The van der Waals surface area contributed by atoms with Gasteiger partial charge in [0.1, 0.15) is 0 Å². The van der Waals surface area contributed by atoms with Crippen molar-refractivity contribution in [2.45, 2.75) is 45.2 Å². The van der Waals surface area contributed by atoms with Crippen LogP contribution in [-0.4, -0.2) is 18.5 Å². The van der Waals surface area contributed by atoms with E-state index in [0.29, 0.717) is 12.5 Å². The Morgan fingerprint density at radius 2 is 2.00 bits per heavy atom. The molecule has 0 radical (unpaired) electrons. The summed E-state index contributed by atoms with van der Waals surface area (Å²) in [6.07, 6.45) is 3.94. The fourth-order valence-electron chi connectivity index (χ4n) is 2.03. The number of benzene rings is 1. The van der Waals surface area contributed by atoms with Crippen LogP contribution >= 0.6 is 0 Å². The highest BCUT2D eigenvalue weighted by Gasteiger charge is 2.22. The third-order valence-electron chi connectivity index (χ3n) is 3.29. The molecule has 3 nitrogen and oxygen atoms in total. The maximum absolute atomic E-state index is 11.5. The lowest BCUT2D eigenvalue weighted by Gasteiger charge is -2.09. The van der Waals surface area contributed by atoms with Gasteiger partial charge >= 0.3 is 0 Å². The molecule has 1 aliphatic rings. The molecule has 18 heavy (non-hydrogen) atoms. The van der Waals surface area contributed by atoms with E-state index in [4.69, 9.17) is 0 Å². The van der Waals surface area contributed by atoms with Crippen LogP contribution in [0.1, 0.15) is 37.3 Å². The quantitative estimate of drug-likeness (QED) is 0.723. The average Bonchev–Trinajstić information content (AvgIpc) is 3.19. The van der Waals surface area contributed by atoms with E-state index >= 15 is 0 Å². The van der Waals surface area contributed by atoms with E-state index in [0.717, 1.165) is 32.4 Å². The lowest BCUT2D eigenvalue weighted by Crippen LogP contribution is -2.29. The molecule has 0 unspecified atom stereocenters. The molecule has 1 aromatic rings. The van der Waals surface area contributed by atoms with Crippen molar-refractivity contribution in [1.82, 2.24) is 10.6 Å². The molecule has 2 rings (SSSR count). The summed E-state index contributed by atoms with van der Waals surface area (Å²) in [5, 5.41) is 6.34. The monoisotopic (exact) mass is 246 g/mol. The Hall–Kier alpha value is -1.35. The second-order valence-corrected chi connectivity index (χ2v) is 4.89. The Kier molecular flexibility index (Phi) is 4.76. The fraction of sp³-hybridized carbons (Fsp3) is 0.533. The third-order valence-corrected chi connectivity index (χ3v) is 3.29. The van der Waals surface area contributed by atoms with Crippen molar-refractivity contribution in [3.8, 4) is 0 Å². The first-order valence-electron chi connectivity index (χ1n) is 6.86. The van der Waals surface area contributed by atoms with Crippen molar-refractivity contribution in [2.24, 2.45) is 0 Å². The van der Waals surface area contributed by atoms with Crippen LogP contribution in [0.4, 0.5) is 0 Å². The smallest absolute Gasteiger partial charge is 0.221 e. The SMILES string of the molecule is CCc1ccccc1CNCCC(=O)NC1CC1. The number of hydrogen-bond acceptors (Lipinski definition) is 2. The van der Waals surface area contributed by atoms with E-state index < -0.39 is 0 Å². The molecule has 1 aromatic carbocycles. The summed E-state index contributed by atoms with van der Waals surface area (Å²) in [7, 11) is 0. The first-order valence-corrected chi connectivity index (χ1v) is 6.86. The zero-order valence-corrected chi connectivity index (χ0v) is 11.0. The first-order chi connectivity index (χ1) is 8.79. The number of aryl methyl sites for hydroxylation is 1. The van der Waals surface area contributed by atoms with Gasteiger partial charge in [-0.15, -0.1) is 0 Å². The van der Waals surface area contributed by atoms with Crippen molar-refractivity contribution in [3.63, 3.8) is 0 Å². The lowest BCUT2D eigenvalue weighted by molar-refractivity contribution is -0.121. The Labute approximate surface area is 109 Å². The van der Waals surface area contributed by atoms with E-state index in [9.17, 15) is 4.79 Å². The van der Waals surface area contributed by atoms with Crippen LogP contribution in [0, 0.1) is 0 Å². The zero-order valence-electron chi connectivity index (χ0n) is 11.0. The molecule has 98 valence electrons. The van der Waals surface area contributed by atoms with E-state index in [1.165, 1.54) is 11.1 Å². The highest BCUT2D eigenvalue weighted by atomic mass is 16.1. The molecule has 0 spiro atoms. The van der Waals surface area contributed by atoms with E-state index in [1.54, 1.807) is 0 Å². The van der Waals surface area contributed by atoms with Gasteiger partial charge in [-0.1, -0.05) is 31.2 Å². The van der Waals surface area contributed by atoms with Crippen LogP contribution in [0.25, 0.3) is 0 Å². The molecule has 0 aliphatic heterocycles. The van der Waals surface area contributed by atoms with Gasteiger partial charge in [-0.25, -0.2) is 0 Å². The molecule has 2 N–H and O–H groups in total. The van der Waals surface area contributed by atoms with Crippen molar-refractivity contribution < 1.29 is 4.79 Å². The molecule has 0 bridgehead atoms. The predicted molar refractivity (Wildman–Crippen MR) is 73.3 cm³/mol. The highest BCUT2D eigenvalue weighted by Crippen LogP contribution is 2.18. The molecular weight excluding hydrogens is 224 g/mol. The summed E-state index contributed by atoms with van der Waals surface area (Å²) >= 11 is 0. The Bertz CT molecular complexity index is 399. The Morgan fingerprint density at radius 3 is 2.67 bits per heavy atom. The first kappa shape index (κ1) is 13.1. The number of amides is 1. The minimum atomic E-state index is 0.175. The van der Waals surface area contributed by atoms with Crippen LogP contribution in [0.2, 0.25) is 0 Å². The molecular formula is C15H22N2O. The largest absolute Gasteiger partial charge is 0.353 e. The second kappa shape index (κ2) is 6.55. The number of rotatable bonds is 7. The summed E-state index contributed by atoms with van der Waals surface area (Å²) in [5.41, 5.74) is 2.72. The maximum Gasteiger partial charge on any atom is 0.221 e. The molecule has 3 heteroatoms. The van der Waals surface area contributed by atoms with E-state index in [1.807, 2.05) is 0 Å². The average molecular weight is 246 g/mol. The normalized spacial score (nSPS) is 14.5. The topological polar surface area (TPSA) is 41.1 Å². The second-order valence-electron chi connectivity index (χ2n) is 4.89. The van der Waals surface area contributed by atoms with Crippen molar-refractivity contribution >= 4 is 5.91 Å². The zero-order chi connectivity index (χ0) is 12.8. The van der Waals surface area contributed by atoms with Crippen molar-refractivity contribution in [1.29, 1.82) is 0 Å². The minimum absolute atomic E-state index is 0.175. The predicted octanol–water partition coefficient (Wildman–Crippen LogP) is 2.01. The number of nitrogens with one attached hydrogen (secondary N) is 2. The number of carbonyl (C=O) groups is 1. The molecule has 1 aliphatic carbocycles.